The maximum atomic E-state index is 2.56. The minimum absolute atomic E-state index is 0.480. The van der Waals surface area contributed by atoms with Crippen molar-refractivity contribution in [1.82, 2.24) is 0 Å². The van der Waals surface area contributed by atoms with E-state index in [4.69, 9.17) is 0 Å². The van der Waals surface area contributed by atoms with Crippen LogP contribution in [0, 0.1) is 0 Å². The topological polar surface area (TPSA) is 3.24 Å². The molecule has 2 spiro atoms. The molecule has 0 saturated carbocycles. The first kappa shape index (κ1) is 35.5. The lowest BCUT2D eigenvalue weighted by Gasteiger charge is -2.40. The van der Waals surface area contributed by atoms with Crippen LogP contribution in [0.15, 0.2) is 244 Å². The van der Waals surface area contributed by atoms with Gasteiger partial charge in [-0.2, -0.15) is 0 Å². The molecule has 0 radical (unpaired) electrons. The Morgan fingerprint density at radius 2 is 0.714 bits per heavy atom. The molecule has 0 amide bonds. The molecule has 14 rings (SSSR count). The van der Waals surface area contributed by atoms with Gasteiger partial charge in [0.25, 0.3) is 0 Å². The average Bonchev–Trinajstić information content (AvgIpc) is 3.80. The number of hydrogen-bond donors (Lipinski definition) is 0. The largest absolute Gasteiger partial charge is 0.310 e. The van der Waals surface area contributed by atoms with Crippen LogP contribution in [0.1, 0.15) is 44.5 Å². The molecule has 3 heteroatoms. The van der Waals surface area contributed by atoms with Crippen LogP contribution in [0.2, 0.25) is 0 Å². The van der Waals surface area contributed by atoms with Crippen molar-refractivity contribution >= 4 is 51.4 Å². The summed E-state index contributed by atoms with van der Waals surface area (Å²) < 4.78 is 0. The molecule has 294 valence electrons. The molecule has 0 atom stereocenters. The smallest absolute Gasteiger partial charge is 0.0736 e. The monoisotopic (exact) mass is 835 g/mol. The molecule has 0 unspecified atom stereocenters. The van der Waals surface area contributed by atoms with Crippen molar-refractivity contribution in [2.45, 2.75) is 30.4 Å². The predicted molar refractivity (Wildman–Crippen MR) is 261 cm³/mol. The Morgan fingerprint density at radius 3 is 1.33 bits per heavy atom. The molecule has 2 heterocycles. The molecule has 0 bridgehead atoms. The predicted octanol–water partition coefficient (Wildman–Crippen LogP) is 16.0. The summed E-state index contributed by atoms with van der Waals surface area (Å²) in [5, 5.41) is 2.45. The van der Waals surface area contributed by atoms with Crippen molar-refractivity contribution < 1.29 is 0 Å². The van der Waals surface area contributed by atoms with E-state index < -0.39 is 10.8 Å². The quantitative estimate of drug-likeness (QED) is 0.175. The number of anilines is 3. The second-order valence-electron chi connectivity index (χ2n) is 17.1. The van der Waals surface area contributed by atoms with Crippen LogP contribution in [0.5, 0.6) is 0 Å². The molecular formula is C60H37NS2. The molecule has 2 aliphatic heterocycles. The summed E-state index contributed by atoms with van der Waals surface area (Å²) in [5.74, 6) is 0. The van der Waals surface area contributed by atoms with Gasteiger partial charge in [0.05, 0.1) is 16.5 Å². The van der Waals surface area contributed by atoms with Crippen molar-refractivity contribution in [3.05, 3.63) is 269 Å². The van der Waals surface area contributed by atoms with Crippen molar-refractivity contribution in [2.75, 3.05) is 4.90 Å². The molecule has 4 aliphatic rings. The Bertz CT molecular complexity index is 3470. The molecule has 0 saturated heterocycles. The van der Waals surface area contributed by atoms with Gasteiger partial charge in [-0.1, -0.05) is 193 Å². The molecule has 10 aromatic carbocycles. The molecule has 2 aliphatic carbocycles. The third kappa shape index (κ3) is 4.66. The number of benzene rings is 10. The van der Waals surface area contributed by atoms with E-state index in [1.165, 1.54) is 103 Å². The fraction of sp³-hybridized carbons (Fsp3) is 0.0333. The zero-order chi connectivity index (χ0) is 41.3. The Morgan fingerprint density at radius 1 is 0.286 bits per heavy atom. The third-order valence-electron chi connectivity index (χ3n) is 14.2. The maximum absolute atomic E-state index is 2.56. The van der Waals surface area contributed by atoms with Gasteiger partial charge in [0.15, 0.2) is 0 Å². The van der Waals surface area contributed by atoms with Gasteiger partial charge in [-0.3, -0.25) is 0 Å². The summed E-state index contributed by atoms with van der Waals surface area (Å²) >= 11 is 3.79. The van der Waals surface area contributed by atoms with E-state index in [9.17, 15) is 0 Å². The van der Waals surface area contributed by atoms with Crippen molar-refractivity contribution in [3.8, 4) is 22.3 Å². The summed E-state index contributed by atoms with van der Waals surface area (Å²) in [4.78, 5) is 7.80. The maximum Gasteiger partial charge on any atom is 0.0736 e. The van der Waals surface area contributed by atoms with Gasteiger partial charge in [0, 0.05) is 36.5 Å². The van der Waals surface area contributed by atoms with Gasteiger partial charge in [-0.15, -0.1) is 0 Å². The lowest BCUT2D eigenvalue weighted by molar-refractivity contribution is 0.722. The first-order valence-electron chi connectivity index (χ1n) is 21.7. The lowest BCUT2D eigenvalue weighted by Crippen LogP contribution is -2.32. The summed E-state index contributed by atoms with van der Waals surface area (Å²) in [6.45, 7) is 0. The number of rotatable bonds is 3. The summed E-state index contributed by atoms with van der Waals surface area (Å²) in [7, 11) is 0. The van der Waals surface area contributed by atoms with Crippen LogP contribution in [-0.2, 0) is 10.8 Å². The minimum Gasteiger partial charge on any atom is -0.310 e. The van der Waals surface area contributed by atoms with E-state index in [1.807, 2.05) is 23.5 Å². The van der Waals surface area contributed by atoms with Gasteiger partial charge in [0.1, 0.15) is 0 Å². The van der Waals surface area contributed by atoms with Gasteiger partial charge < -0.3 is 4.90 Å². The van der Waals surface area contributed by atoms with Crippen LogP contribution >= 0.6 is 23.5 Å². The van der Waals surface area contributed by atoms with Crippen molar-refractivity contribution in [3.63, 3.8) is 0 Å². The fourth-order valence-corrected chi connectivity index (χ4v) is 14.2. The van der Waals surface area contributed by atoms with Gasteiger partial charge in [0.2, 0.25) is 0 Å². The van der Waals surface area contributed by atoms with E-state index in [2.05, 4.69) is 229 Å². The van der Waals surface area contributed by atoms with Gasteiger partial charge >= 0.3 is 0 Å². The fourth-order valence-electron chi connectivity index (χ4n) is 11.8. The lowest BCUT2D eigenvalue weighted by atomic mass is 9.67. The molecule has 10 aromatic rings. The van der Waals surface area contributed by atoms with E-state index in [-0.39, 0.29) is 0 Å². The molecule has 0 aromatic heterocycles. The van der Waals surface area contributed by atoms with Gasteiger partial charge in [-0.25, -0.2) is 0 Å². The Hall–Kier alpha value is -7.04. The molecular weight excluding hydrogens is 799 g/mol. The van der Waals surface area contributed by atoms with Crippen LogP contribution in [-0.4, -0.2) is 0 Å². The highest BCUT2D eigenvalue weighted by Crippen LogP contribution is 2.66. The SMILES string of the molecule is c1ccc2c(c1)Sc1ccccc1C21c2ccccc2-c2ccc(N(c3ccc4ccccc4c3)c3cccc4c3-c3ccccc3C43c4ccccc4Sc4ccccc43)cc21. The molecule has 0 N–H and O–H groups in total. The molecule has 1 nitrogen and oxygen atoms in total. The van der Waals surface area contributed by atoms with E-state index >= 15 is 0 Å². The number of fused-ring (bicyclic) bond motifs is 19. The van der Waals surface area contributed by atoms with Crippen molar-refractivity contribution in [2.24, 2.45) is 0 Å². The first-order chi connectivity index (χ1) is 31.2. The second kappa shape index (κ2) is 13.2. The van der Waals surface area contributed by atoms with E-state index in [1.54, 1.807) is 0 Å². The highest BCUT2D eigenvalue weighted by atomic mass is 32.2. The Balaban J connectivity index is 1.09. The average molecular weight is 836 g/mol. The molecule has 63 heavy (non-hydrogen) atoms. The van der Waals surface area contributed by atoms with Crippen LogP contribution in [0.3, 0.4) is 0 Å². The van der Waals surface area contributed by atoms with Crippen LogP contribution in [0.25, 0.3) is 33.0 Å². The van der Waals surface area contributed by atoms with Crippen LogP contribution in [0.4, 0.5) is 17.1 Å². The highest BCUT2D eigenvalue weighted by molar-refractivity contribution is 7.99. The first-order valence-corrected chi connectivity index (χ1v) is 23.4. The van der Waals surface area contributed by atoms with E-state index in [0.29, 0.717) is 0 Å². The Kier molecular flexibility index (Phi) is 7.47. The zero-order valence-corrected chi connectivity index (χ0v) is 35.8. The summed E-state index contributed by atoms with van der Waals surface area (Å²) in [6, 6.07) is 84.8. The second-order valence-corrected chi connectivity index (χ2v) is 19.2. The van der Waals surface area contributed by atoms with Crippen molar-refractivity contribution in [1.29, 1.82) is 0 Å². The van der Waals surface area contributed by atoms with Gasteiger partial charge in [-0.05, 0) is 127 Å². The van der Waals surface area contributed by atoms with E-state index in [0.717, 1.165) is 11.4 Å². The summed E-state index contributed by atoms with van der Waals surface area (Å²) in [6.07, 6.45) is 0. The normalized spacial score (nSPS) is 14.8. The van der Waals surface area contributed by atoms with Crippen LogP contribution < -0.4 is 4.90 Å². The molecule has 0 fully saturated rings. The highest BCUT2D eigenvalue weighted by Gasteiger charge is 2.52. The Labute approximate surface area is 375 Å². The number of nitrogens with zero attached hydrogens (tertiary/aromatic N) is 1. The summed E-state index contributed by atoms with van der Waals surface area (Å²) in [5.41, 5.74) is 18.3. The number of hydrogen-bond acceptors (Lipinski definition) is 3. The standard InChI is InChI=1S/C60H37NS2/c1-2-17-39-36-40(33-32-38(39)16-1)61(41-34-35-43-42-18-3-5-20-45(42)60(52(43)37-41)49-24-9-13-30-56(49)63-57-31-14-10-25-50(57)60)53-27-15-26-51-58(53)44-19-4-6-21-46(44)59(51)47-22-7-11-28-54(47)62-55-29-12-8-23-48(55)59/h1-37H. The third-order valence-corrected chi connectivity index (χ3v) is 16.5. The minimum atomic E-state index is -0.488. The zero-order valence-electron chi connectivity index (χ0n) is 34.1.